The Morgan fingerprint density at radius 2 is 1.63 bits per heavy atom. The van der Waals surface area contributed by atoms with Crippen LogP contribution in [0, 0.1) is 12.3 Å². The number of ether oxygens (including phenoxy) is 1. The second-order valence-corrected chi connectivity index (χ2v) is 7.69. The molecule has 2 amide bonds. The van der Waals surface area contributed by atoms with Crippen molar-refractivity contribution in [3.63, 3.8) is 0 Å². The Balaban J connectivity index is 1.67. The number of hydrogen-bond acceptors (Lipinski definition) is 4. The molecule has 0 aliphatic carbocycles. The molecule has 2 atom stereocenters. The van der Waals surface area contributed by atoms with Gasteiger partial charge < -0.3 is 15.4 Å². The van der Waals surface area contributed by atoms with Gasteiger partial charge in [-0.15, -0.1) is 6.42 Å². The van der Waals surface area contributed by atoms with E-state index in [-0.39, 0.29) is 30.6 Å². The lowest BCUT2D eigenvalue weighted by Gasteiger charge is -2.29. The van der Waals surface area contributed by atoms with Gasteiger partial charge in [0.25, 0.3) is 0 Å². The molecule has 1 heterocycles. The molecule has 0 spiro atoms. The number of unbranched alkanes of at least 4 members (excludes halogenated alkanes) is 5. The fourth-order valence-electron chi connectivity index (χ4n) is 3.40. The van der Waals surface area contributed by atoms with Crippen LogP contribution < -0.4 is 10.6 Å². The lowest BCUT2D eigenvalue weighted by atomic mass is 9.99. The van der Waals surface area contributed by atoms with Crippen molar-refractivity contribution in [2.75, 3.05) is 6.61 Å². The van der Waals surface area contributed by atoms with Crippen LogP contribution in [0.15, 0.2) is 24.3 Å². The number of nitrogens with one attached hydrogen (secondary N) is 2. The minimum atomic E-state index is -0.709. The highest BCUT2D eigenvalue weighted by atomic mass is 16.5. The van der Waals surface area contributed by atoms with Crippen molar-refractivity contribution in [3.8, 4) is 12.3 Å². The lowest BCUT2D eigenvalue weighted by molar-refractivity contribution is -0.145. The molecule has 1 aliphatic rings. The quantitative estimate of drug-likeness (QED) is 0.314. The Kier molecular flexibility index (Phi) is 9.93. The molecule has 0 saturated carbocycles. The molecule has 2 rings (SSSR count). The molecule has 0 aromatic heterocycles. The van der Waals surface area contributed by atoms with E-state index >= 15 is 0 Å². The highest BCUT2D eigenvalue weighted by Crippen LogP contribution is 2.11. The molecular formula is C24H32N2O4. The third kappa shape index (κ3) is 7.90. The molecule has 30 heavy (non-hydrogen) atoms. The number of esters is 1. The summed E-state index contributed by atoms with van der Waals surface area (Å²) < 4.78 is 5.22. The van der Waals surface area contributed by atoms with Crippen molar-refractivity contribution in [1.82, 2.24) is 10.6 Å². The summed E-state index contributed by atoms with van der Waals surface area (Å²) in [6.07, 6.45) is 12.8. The first-order valence-electron chi connectivity index (χ1n) is 10.9. The summed E-state index contributed by atoms with van der Waals surface area (Å²) in [6.45, 7) is 2.59. The van der Waals surface area contributed by atoms with Gasteiger partial charge in [0.05, 0.1) is 6.61 Å². The SMILES string of the molecule is C#Cc1ccc(C[C@@H]2NC(=O)[C@H](CCC(=O)OCCCCCCCC)NC2=O)cc1. The molecule has 6 nitrogen and oxygen atoms in total. The van der Waals surface area contributed by atoms with Gasteiger partial charge in [0.1, 0.15) is 12.1 Å². The number of rotatable bonds is 12. The van der Waals surface area contributed by atoms with Crippen molar-refractivity contribution < 1.29 is 19.1 Å². The van der Waals surface area contributed by atoms with Crippen molar-refractivity contribution in [3.05, 3.63) is 35.4 Å². The number of carbonyl (C=O) groups excluding carboxylic acids is 3. The van der Waals surface area contributed by atoms with Crippen LogP contribution in [-0.2, 0) is 25.5 Å². The maximum atomic E-state index is 12.4. The van der Waals surface area contributed by atoms with Crippen LogP contribution in [0.1, 0.15) is 69.4 Å². The highest BCUT2D eigenvalue weighted by molar-refractivity contribution is 5.97. The largest absolute Gasteiger partial charge is 0.466 e. The molecule has 6 heteroatoms. The number of benzene rings is 1. The van der Waals surface area contributed by atoms with E-state index in [1.165, 1.54) is 19.3 Å². The standard InChI is InChI=1S/C24H32N2O4/c1-3-5-6-7-8-9-16-30-22(27)15-14-20-23(28)26-21(24(29)25-20)17-19-12-10-18(4-2)11-13-19/h2,10-13,20-21H,3,5-9,14-17H2,1H3,(H,25,29)(H,26,28)/t20-,21-/m0/s1. The van der Waals surface area contributed by atoms with Gasteiger partial charge in [0, 0.05) is 18.4 Å². The monoisotopic (exact) mass is 412 g/mol. The van der Waals surface area contributed by atoms with Gasteiger partial charge in [-0.05, 0) is 30.5 Å². The third-order valence-electron chi connectivity index (χ3n) is 5.22. The average Bonchev–Trinajstić information content (AvgIpc) is 2.75. The summed E-state index contributed by atoms with van der Waals surface area (Å²) in [4.78, 5) is 36.6. The van der Waals surface area contributed by atoms with E-state index in [1.807, 2.05) is 12.1 Å². The van der Waals surface area contributed by atoms with Crippen molar-refractivity contribution >= 4 is 17.8 Å². The molecular weight excluding hydrogens is 380 g/mol. The number of carbonyl (C=O) groups is 3. The molecule has 1 fully saturated rings. The molecule has 2 N–H and O–H groups in total. The zero-order valence-corrected chi connectivity index (χ0v) is 17.7. The topological polar surface area (TPSA) is 84.5 Å². The summed E-state index contributed by atoms with van der Waals surface area (Å²) in [5.41, 5.74) is 1.67. The smallest absolute Gasteiger partial charge is 0.305 e. The van der Waals surface area contributed by atoms with Crippen LogP contribution in [0.25, 0.3) is 0 Å². The Hall–Kier alpha value is -2.81. The van der Waals surface area contributed by atoms with Crippen LogP contribution in [0.5, 0.6) is 0 Å². The van der Waals surface area contributed by atoms with E-state index in [4.69, 9.17) is 11.2 Å². The number of terminal acetylenes is 1. The van der Waals surface area contributed by atoms with E-state index in [9.17, 15) is 14.4 Å². The minimum Gasteiger partial charge on any atom is -0.466 e. The van der Waals surface area contributed by atoms with Gasteiger partial charge in [0.2, 0.25) is 11.8 Å². The zero-order chi connectivity index (χ0) is 21.8. The summed E-state index contributed by atoms with van der Waals surface area (Å²) in [5.74, 6) is 1.69. The van der Waals surface area contributed by atoms with Crippen LogP contribution in [0.2, 0.25) is 0 Å². The Labute approximate surface area is 179 Å². The Morgan fingerprint density at radius 3 is 2.33 bits per heavy atom. The fourth-order valence-corrected chi connectivity index (χ4v) is 3.40. The minimum absolute atomic E-state index is 0.104. The van der Waals surface area contributed by atoms with E-state index in [0.717, 1.165) is 30.4 Å². The first-order valence-corrected chi connectivity index (χ1v) is 10.9. The molecule has 1 saturated heterocycles. The van der Waals surface area contributed by atoms with Gasteiger partial charge in [-0.2, -0.15) is 0 Å². The number of hydrogen-bond donors (Lipinski definition) is 2. The first-order chi connectivity index (χ1) is 14.5. The second kappa shape index (κ2) is 12.7. The first kappa shape index (κ1) is 23.5. The molecule has 0 bridgehead atoms. The van der Waals surface area contributed by atoms with Crippen LogP contribution in [0.3, 0.4) is 0 Å². The van der Waals surface area contributed by atoms with Gasteiger partial charge in [0.15, 0.2) is 0 Å². The number of piperazine rings is 1. The fraction of sp³-hybridized carbons (Fsp3) is 0.542. The van der Waals surface area contributed by atoms with E-state index in [0.29, 0.717) is 13.0 Å². The maximum absolute atomic E-state index is 12.4. The van der Waals surface area contributed by atoms with Gasteiger partial charge in [-0.1, -0.05) is 57.1 Å². The lowest BCUT2D eigenvalue weighted by Crippen LogP contribution is -2.62. The molecule has 0 radical (unpaired) electrons. The van der Waals surface area contributed by atoms with E-state index in [2.05, 4.69) is 23.5 Å². The third-order valence-corrected chi connectivity index (χ3v) is 5.22. The van der Waals surface area contributed by atoms with Crippen molar-refractivity contribution in [2.24, 2.45) is 0 Å². The Bertz CT molecular complexity index is 751. The number of amides is 2. The summed E-state index contributed by atoms with van der Waals surface area (Å²) >= 11 is 0. The second-order valence-electron chi connectivity index (χ2n) is 7.69. The van der Waals surface area contributed by atoms with Crippen molar-refractivity contribution in [1.29, 1.82) is 0 Å². The van der Waals surface area contributed by atoms with Crippen molar-refractivity contribution in [2.45, 2.75) is 76.8 Å². The normalized spacial score (nSPS) is 18.3. The van der Waals surface area contributed by atoms with Crippen LogP contribution >= 0.6 is 0 Å². The molecule has 1 aromatic rings. The van der Waals surface area contributed by atoms with Crippen LogP contribution in [0.4, 0.5) is 0 Å². The molecule has 0 unspecified atom stereocenters. The molecule has 1 aliphatic heterocycles. The average molecular weight is 413 g/mol. The van der Waals surface area contributed by atoms with E-state index < -0.39 is 12.1 Å². The van der Waals surface area contributed by atoms with Gasteiger partial charge >= 0.3 is 5.97 Å². The van der Waals surface area contributed by atoms with Gasteiger partial charge in [-0.25, -0.2) is 0 Å². The molecule has 162 valence electrons. The Morgan fingerprint density at radius 1 is 1.00 bits per heavy atom. The maximum Gasteiger partial charge on any atom is 0.305 e. The van der Waals surface area contributed by atoms with Gasteiger partial charge in [-0.3, -0.25) is 14.4 Å². The highest BCUT2D eigenvalue weighted by Gasteiger charge is 2.33. The summed E-state index contributed by atoms with van der Waals surface area (Å²) in [7, 11) is 0. The zero-order valence-electron chi connectivity index (χ0n) is 17.7. The van der Waals surface area contributed by atoms with E-state index in [1.54, 1.807) is 12.1 Å². The predicted octanol–water partition coefficient (Wildman–Crippen LogP) is 2.88. The summed E-state index contributed by atoms with van der Waals surface area (Å²) in [5, 5.41) is 5.47. The molecule has 1 aromatic carbocycles. The predicted molar refractivity (Wildman–Crippen MR) is 116 cm³/mol. The summed E-state index contributed by atoms with van der Waals surface area (Å²) in [6, 6.07) is 5.96. The van der Waals surface area contributed by atoms with Crippen LogP contribution in [-0.4, -0.2) is 36.5 Å².